The third-order valence-corrected chi connectivity index (χ3v) is 2.54. The highest BCUT2D eigenvalue weighted by Gasteiger charge is 2.07. The Balaban J connectivity index is 2.73. The first-order chi connectivity index (χ1) is 7.69. The van der Waals surface area contributed by atoms with E-state index in [1.165, 1.54) is 0 Å². The zero-order chi connectivity index (χ0) is 12.0. The monoisotopic (exact) mass is 241 g/mol. The Morgan fingerprint density at radius 1 is 1.50 bits per heavy atom. The van der Waals surface area contributed by atoms with Crippen LogP contribution in [0.15, 0.2) is 12.1 Å². The molecule has 0 spiro atoms. The number of methoxy groups -OCH3 is 1. The fourth-order valence-electron chi connectivity index (χ4n) is 1.66. The van der Waals surface area contributed by atoms with E-state index in [1.807, 2.05) is 19.1 Å². The van der Waals surface area contributed by atoms with E-state index in [0.717, 1.165) is 36.1 Å². The molecule has 0 atom stereocenters. The second-order valence-corrected chi connectivity index (χ2v) is 3.97. The lowest BCUT2D eigenvalue weighted by Crippen LogP contribution is -2.19. The van der Waals surface area contributed by atoms with Crippen molar-refractivity contribution in [2.45, 2.75) is 13.3 Å². The van der Waals surface area contributed by atoms with E-state index >= 15 is 0 Å². The summed E-state index contributed by atoms with van der Waals surface area (Å²) in [6.45, 7) is 3.07. The molecular formula is C12H16ClNO2. The first-order valence-corrected chi connectivity index (χ1v) is 5.54. The molecule has 1 aromatic carbocycles. The molecule has 0 fully saturated rings. The van der Waals surface area contributed by atoms with Crippen molar-refractivity contribution in [2.75, 3.05) is 20.2 Å². The molecule has 0 saturated heterocycles. The molecule has 1 aromatic rings. The van der Waals surface area contributed by atoms with Crippen LogP contribution in [0.4, 0.5) is 0 Å². The van der Waals surface area contributed by atoms with Gasteiger partial charge >= 0.3 is 0 Å². The first-order valence-electron chi connectivity index (χ1n) is 5.16. The summed E-state index contributed by atoms with van der Waals surface area (Å²) in [5.74, 6) is 0.873. The average Bonchev–Trinajstić information content (AvgIpc) is 2.24. The summed E-state index contributed by atoms with van der Waals surface area (Å²) in [7, 11) is 1.65. The van der Waals surface area contributed by atoms with Crippen LogP contribution in [0.2, 0.25) is 5.02 Å². The van der Waals surface area contributed by atoms with Crippen molar-refractivity contribution >= 4 is 17.9 Å². The number of nitrogens with one attached hydrogen (secondary N) is 1. The molecule has 16 heavy (non-hydrogen) atoms. The summed E-state index contributed by atoms with van der Waals surface area (Å²) >= 11 is 5.99. The molecule has 1 rings (SSSR count). The fraction of sp³-hybridized carbons (Fsp3) is 0.417. The van der Waals surface area contributed by atoms with E-state index in [-0.39, 0.29) is 0 Å². The molecule has 0 aliphatic heterocycles. The van der Waals surface area contributed by atoms with Gasteiger partial charge in [-0.15, -0.1) is 0 Å². The number of benzene rings is 1. The molecule has 0 bridgehead atoms. The number of hydrogen-bond acceptors (Lipinski definition) is 3. The molecule has 0 heterocycles. The number of carbonyl (C=O) groups is 1. The number of halogens is 1. The lowest BCUT2D eigenvalue weighted by atomic mass is 10.1. The Morgan fingerprint density at radius 2 is 2.25 bits per heavy atom. The van der Waals surface area contributed by atoms with Gasteiger partial charge in [0.2, 0.25) is 0 Å². The van der Waals surface area contributed by atoms with Crippen LogP contribution < -0.4 is 10.1 Å². The second kappa shape index (κ2) is 6.51. The van der Waals surface area contributed by atoms with Gasteiger partial charge in [-0.05, 0) is 43.1 Å². The molecule has 0 aliphatic carbocycles. The third-order valence-electron chi connectivity index (χ3n) is 2.32. The number of hydrogen-bond donors (Lipinski definition) is 1. The van der Waals surface area contributed by atoms with Crippen LogP contribution in [0, 0.1) is 6.92 Å². The normalized spacial score (nSPS) is 10.2. The zero-order valence-corrected chi connectivity index (χ0v) is 10.3. The van der Waals surface area contributed by atoms with Crippen LogP contribution in [0.3, 0.4) is 0 Å². The maximum Gasteiger partial charge on any atom is 0.133 e. The topological polar surface area (TPSA) is 38.3 Å². The molecule has 3 nitrogen and oxygen atoms in total. The SMILES string of the molecule is COc1c(C)cc(Cl)cc1CCNCC=O. The lowest BCUT2D eigenvalue weighted by Gasteiger charge is -2.12. The molecule has 4 heteroatoms. The number of aldehydes is 1. The van der Waals surface area contributed by atoms with E-state index in [0.29, 0.717) is 11.6 Å². The highest BCUT2D eigenvalue weighted by Crippen LogP contribution is 2.27. The smallest absolute Gasteiger partial charge is 0.133 e. The van der Waals surface area contributed by atoms with Crippen LogP contribution in [0.5, 0.6) is 5.75 Å². The highest BCUT2D eigenvalue weighted by molar-refractivity contribution is 6.30. The third kappa shape index (κ3) is 3.51. The van der Waals surface area contributed by atoms with Gasteiger partial charge in [0, 0.05) is 5.02 Å². The average molecular weight is 242 g/mol. The molecule has 1 N–H and O–H groups in total. The Labute approximate surface area is 101 Å². The molecule has 88 valence electrons. The summed E-state index contributed by atoms with van der Waals surface area (Å²) < 4.78 is 5.33. The van der Waals surface area contributed by atoms with Crippen LogP contribution in [-0.4, -0.2) is 26.5 Å². The summed E-state index contributed by atoms with van der Waals surface area (Å²) in [6.07, 6.45) is 1.64. The van der Waals surface area contributed by atoms with Gasteiger partial charge in [-0.3, -0.25) is 0 Å². The van der Waals surface area contributed by atoms with Gasteiger partial charge in [0.1, 0.15) is 12.0 Å². The van der Waals surface area contributed by atoms with Crippen molar-refractivity contribution in [3.63, 3.8) is 0 Å². The summed E-state index contributed by atoms with van der Waals surface area (Å²) in [4.78, 5) is 10.1. The summed E-state index contributed by atoms with van der Waals surface area (Å²) in [5.41, 5.74) is 2.09. The van der Waals surface area contributed by atoms with Gasteiger partial charge in [-0.25, -0.2) is 0 Å². The van der Waals surface area contributed by atoms with Gasteiger partial charge in [0.25, 0.3) is 0 Å². The van der Waals surface area contributed by atoms with Crippen LogP contribution in [0.1, 0.15) is 11.1 Å². The van der Waals surface area contributed by atoms with E-state index in [9.17, 15) is 4.79 Å². The van der Waals surface area contributed by atoms with Gasteiger partial charge < -0.3 is 14.8 Å². The van der Waals surface area contributed by atoms with Gasteiger partial charge in [-0.1, -0.05) is 11.6 Å². The van der Waals surface area contributed by atoms with Gasteiger partial charge in [0.15, 0.2) is 0 Å². The zero-order valence-electron chi connectivity index (χ0n) is 9.55. The van der Waals surface area contributed by atoms with Gasteiger partial charge in [-0.2, -0.15) is 0 Å². The Hall–Kier alpha value is -1.06. The maximum atomic E-state index is 10.1. The van der Waals surface area contributed by atoms with E-state index in [1.54, 1.807) is 7.11 Å². The molecule has 0 aliphatic rings. The van der Waals surface area contributed by atoms with Crippen molar-refractivity contribution in [1.29, 1.82) is 0 Å². The quantitative estimate of drug-likeness (QED) is 0.612. The minimum Gasteiger partial charge on any atom is -0.496 e. The van der Waals surface area contributed by atoms with Crippen LogP contribution in [0.25, 0.3) is 0 Å². The van der Waals surface area contributed by atoms with Crippen molar-refractivity contribution in [3.05, 3.63) is 28.3 Å². The largest absolute Gasteiger partial charge is 0.496 e. The fourth-order valence-corrected chi connectivity index (χ4v) is 1.96. The minimum absolute atomic E-state index is 0.377. The molecular weight excluding hydrogens is 226 g/mol. The van der Waals surface area contributed by atoms with Crippen molar-refractivity contribution in [3.8, 4) is 5.75 Å². The van der Waals surface area contributed by atoms with Gasteiger partial charge in [0.05, 0.1) is 13.7 Å². The molecule has 0 amide bonds. The van der Waals surface area contributed by atoms with Crippen molar-refractivity contribution in [2.24, 2.45) is 0 Å². The summed E-state index contributed by atoms with van der Waals surface area (Å²) in [5, 5.41) is 3.72. The predicted octanol–water partition coefficient (Wildman–Crippen LogP) is 1.99. The predicted molar refractivity (Wildman–Crippen MR) is 65.4 cm³/mol. The lowest BCUT2D eigenvalue weighted by molar-refractivity contribution is -0.107. The van der Waals surface area contributed by atoms with Crippen molar-refractivity contribution in [1.82, 2.24) is 5.32 Å². The highest BCUT2D eigenvalue weighted by atomic mass is 35.5. The van der Waals surface area contributed by atoms with Crippen LogP contribution in [-0.2, 0) is 11.2 Å². The van der Waals surface area contributed by atoms with Crippen LogP contribution >= 0.6 is 11.6 Å². The Kier molecular flexibility index (Phi) is 5.29. The summed E-state index contributed by atoms with van der Waals surface area (Å²) in [6, 6.07) is 3.78. The van der Waals surface area contributed by atoms with Crippen molar-refractivity contribution < 1.29 is 9.53 Å². The Morgan fingerprint density at radius 3 is 2.88 bits per heavy atom. The molecule has 0 aromatic heterocycles. The molecule has 0 radical (unpaired) electrons. The number of rotatable bonds is 6. The number of aryl methyl sites for hydroxylation is 1. The Bertz CT molecular complexity index is 366. The number of ether oxygens (including phenoxy) is 1. The standard InChI is InChI=1S/C12H16ClNO2/c1-9-7-11(13)8-10(12(9)16-2)3-4-14-5-6-15/h6-8,14H,3-5H2,1-2H3. The number of carbonyl (C=O) groups excluding carboxylic acids is 1. The van der Waals surface area contributed by atoms with E-state index < -0.39 is 0 Å². The van der Waals surface area contributed by atoms with E-state index in [2.05, 4.69) is 5.32 Å². The molecule has 0 unspecified atom stereocenters. The molecule has 0 saturated carbocycles. The second-order valence-electron chi connectivity index (χ2n) is 3.54. The maximum absolute atomic E-state index is 10.1. The first kappa shape index (κ1) is 13.0. The van der Waals surface area contributed by atoms with E-state index in [4.69, 9.17) is 16.3 Å². The minimum atomic E-state index is 0.377.